The van der Waals surface area contributed by atoms with Gasteiger partial charge in [0.2, 0.25) is 5.90 Å². The monoisotopic (exact) mass is 355 g/mol. The predicted molar refractivity (Wildman–Crippen MR) is 95.8 cm³/mol. The van der Waals surface area contributed by atoms with Gasteiger partial charge in [-0.3, -0.25) is 0 Å². The lowest BCUT2D eigenvalue weighted by Gasteiger charge is -2.10. The quantitative estimate of drug-likeness (QED) is 0.581. The zero-order valence-corrected chi connectivity index (χ0v) is 14.5. The number of benzene rings is 2. The van der Waals surface area contributed by atoms with Crippen molar-refractivity contribution >= 4 is 17.9 Å². The topological polar surface area (TPSA) is 57.1 Å². The predicted octanol–water partition coefficient (Wildman–Crippen LogP) is 3.97. The van der Waals surface area contributed by atoms with Gasteiger partial charge in [-0.15, -0.1) is 0 Å². The van der Waals surface area contributed by atoms with Gasteiger partial charge in [0, 0.05) is 5.56 Å². The number of nitrogens with zero attached hydrogens (tertiary/aromatic N) is 1. The highest BCUT2D eigenvalue weighted by Crippen LogP contribution is 2.30. The normalized spacial score (nSPS) is 15.0. The molecule has 0 amide bonds. The average Bonchev–Trinajstić information content (AvgIpc) is 3.01. The van der Waals surface area contributed by atoms with Crippen molar-refractivity contribution in [2.45, 2.75) is 13.3 Å². The number of aliphatic imine (C=N–C) groups is 1. The lowest BCUT2D eigenvalue weighted by atomic mass is 10.1. The average molecular weight is 355 g/mol. The highest BCUT2D eigenvalue weighted by atomic mass is 19.1. The van der Waals surface area contributed by atoms with Crippen molar-refractivity contribution in [3.63, 3.8) is 0 Å². The zero-order valence-electron chi connectivity index (χ0n) is 14.5. The van der Waals surface area contributed by atoms with Crippen LogP contribution in [0.5, 0.6) is 11.5 Å². The number of esters is 1. The van der Waals surface area contributed by atoms with Gasteiger partial charge >= 0.3 is 5.97 Å². The maximum atomic E-state index is 13.3. The number of rotatable bonds is 6. The highest BCUT2D eigenvalue weighted by molar-refractivity contribution is 6.12. The number of cyclic esters (lactones) is 1. The number of methoxy groups -OCH3 is 1. The third-order valence-corrected chi connectivity index (χ3v) is 3.64. The molecule has 26 heavy (non-hydrogen) atoms. The van der Waals surface area contributed by atoms with Crippen LogP contribution in [0, 0.1) is 5.82 Å². The molecule has 1 aliphatic heterocycles. The summed E-state index contributed by atoms with van der Waals surface area (Å²) >= 11 is 0. The molecule has 0 saturated carbocycles. The summed E-state index contributed by atoms with van der Waals surface area (Å²) in [5.41, 5.74) is 1.25. The van der Waals surface area contributed by atoms with Crippen molar-refractivity contribution in [2.75, 3.05) is 13.7 Å². The van der Waals surface area contributed by atoms with Crippen LogP contribution in [0.15, 0.2) is 53.2 Å². The fraction of sp³-hybridized carbons (Fsp3) is 0.200. The fourth-order valence-electron chi connectivity index (χ4n) is 2.42. The maximum absolute atomic E-state index is 13.3. The second kappa shape index (κ2) is 7.82. The summed E-state index contributed by atoms with van der Waals surface area (Å²) in [6.07, 6.45) is 2.47. The molecule has 1 heterocycles. The molecule has 1 aliphatic rings. The summed E-state index contributed by atoms with van der Waals surface area (Å²) in [5.74, 6) is 0.263. The van der Waals surface area contributed by atoms with Gasteiger partial charge in [0.05, 0.1) is 13.7 Å². The lowest BCUT2D eigenvalue weighted by Crippen LogP contribution is -2.05. The van der Waals surface area contributed by atoms with Crippen LogP contribution in [0.4, 0.5) is 4.39 Å². The van der Waals surface area contributed by atoms with Gasteiger partial charge in [0.1, 0.15) is 5.82 Å². The smallest absolute Gasteiger partial charge is 0.363 e. The zero-order chi connectivity index (χ0) is 18.5. The van der Waals surface area contributed by atoms with Gasteiger partial charge in [-0.05, 0) is 48.4 Å². The van der Waals surface area contributed by atoms with Crippen LogP contribution in [0.1, 0.15) is 24.5 Å². The van der Waals surface area contributed by atoms with E-state index in [0.29, 0.717) is 29.2 Å². The molecule has 2 aromatic rings. The van der Waals surface area contributed by atoms with Crippen LogP contribution in [0.3, 0.4) is 0 Å². The van der Waals surface area contributed by atoms with Crippen LogP contribution in [-0.2, 0) is 9.53 Å². The third-order valence-electron chi connectivity index (χ3n) is 3.64. The minimum atomic E-state index is -0.588. The number of hydrogen-bond donors (Lipinski definition) is 0. The second-order valence-electron chi connectivity index (χ2n) is 5.61. The Morgan fingerprint density at radius 3 is 2.77 bits per heavy atom. The molecule has 0 atom stereocenters. The van der Waals surface area contributed by atoms with E-state index < -0.39 is 11.8 Å². The number of ether oxygens (including phenoxy) is 3. The molecule has 0 fully saturated rings. The molecule has 0 spiro atoms. The molecular weight excluding hydrogens is 337 g/mol. The summed E-state index contributed by atoms with van der Waals surface area (Å²) in [4.78, 5) is 16.2. The van der Waals surface area contributed by atoms with Crippen LogP contribution in [-0.4, -0.2) is 25.6 Å². The number of carbonyl (C=O) groups excluding carboxylic acids is 1. The Kier molecular flexibility index (Phi) is 5.31. The van der Waals surface area contributed by atoms with E-state index >= 15 is 0 Å². The Hall–Kier alpha value is -3.15. The molecule has 0 aliphatic carbocycles. The van der Waals surface area contributed by atoms with Gasteiger partial charge in [-0.2, -0.15) is 0 Å². The molecular formula is C20H18FNO4. The fourth-order valence-corrected chi connectivity index (χ4v) is 2.42. The van der Waals surface area contributed by atoms with E-state index in [1.807, 2.05) is 6.92 Å². The second-order valence-corrected chi connectivity index (χ2v) is 5.61. The largest absolute Gasteiger partial charge is 0.493 e. The first-order valence-corrected chi connectivity index (χ1v) is 8.20. The van der Waals surface area contributed by atoms with E-state index in [1.54, 1.807) is 37.5 Å². The van der Waals surface area contributed by atoms with Crippen molar-refractivity contribution in [3.05, 3.63) is 65.1 Å². The van der Waals surface area contributed by atoms with E-state index in [0.717, 1.165) is 6.42 Å². The summed E-state index contributed by atoms with van der Waals surface area (Å²) in [6.45, 7) is 2.61. The molecule has 0 unspecified atom stereocenters. The van der Waals surface area contributed by atoms with Gasteiger partial charge in [0.15, 0.2) is 17.2 Å². The van der Waals surface area contributed by atoms with Crippen LogP contribution < -0.4 is 9.47 Å². The molecule has 0 radical (unpaired) electrons. The third kappa shape index (κ3) is 3.91. The van der Waals surface area contributed by atoms with E-state index in [1.165, 1.54) is 18.2 Å². The standard InChI is InChI=1S/C20H18FNO4/c1-3-9-25-17-8-7-13(11-18(17)24-2)10-16-20(23)26-19(22-16)14-5-4-6-15(21)12-14/h4-8,10-12H,3,9H2,1-2H3/b16-10+. The Balaban J connectivity index is 1.88. The molecule has 0 saturated heterocycles. The van der Waals surface area contributed by atoms with Crippen molar-refractivity contribution in [1.29, 1.82) is 0 Å². The highest BCUT2D eigenvalue weighted by Gasteiger charge is 2.24. The SMILES string of the molecule is CCCOc1ccc(/C=C2/N=C(c3cccc(F)c3)OC2=O)cc1OC. The Morgan fingerprint density at radius 2 is 2.04 bits per heavy atom. The summed E-state index contributed by atoms with van der Waals surface area (Å²) in [7, 11) is 1.55. The summed E-state index contributed by atoms with van der Waals surface area (Å²) in [6, 6.07) is 11.1. The van der Waals surface area contributed by atoms with Gasteiger partial charge in [-0.25, -0.2) is 14.2 Å². The van der Waals surface area contributed by atoms with Crippen molar-refractivity contribution in [1.82, 2.24) is 0 Å². The molecule has 0 bridgehead atoms. The van der Waals surface area contributed by atoms with Gasteiger partial charge < -0.3 is 14.2 Å². The Bertz CT molecular complexity index is 889. The summed E-state index contributed by atoms with van der Waals surface area (Å²) < 4.78 is 29.4. The van der Waals surface area contributed by atoms with Crippen molar-refractivity contribution < 1.29 is 23.4 Å². The maximum Gasteiger partial charge on any atom is 0.363 e. The first-order chi connectivity index (χ1) is 12.6. The van der Waals surface area contributed by atoms with Gasteiger partial charge in [-0.1, -0.05) is 19.1 Å². The van der Waals surface area contributed by atoms with E-state index in [9.17, 15) is 9.18 Å². The molecule has 6 heteroatoms. The Morgan fingerprint density at radius 1 is 1.19 bits per heavy atom. The molecule has 5 nitrogen and oxygen atoms in total. The van der Waals surface area contributed by atoms with E-state index in [-0.39, 0.29) is 11.6 Å². The lowest BCUT2D eigenvalue weighted by molar-refractivity contribution is -0.129. The minimum absolute atomic E-state index is 0.0793. The van der Waals surface area contributed by atoms with Crippen LogP contribution >= 0.6 is 0 Å². The molecule has 0 aromatic heterocycles. The molecule has 0 N–H and O–H groups in total. The molecule has 2 aromatic carbocycles. The van der Waals surface area contributed by atoms with Crippen molar-refractivity contribution in [2.24, 2.45) is 4.99 Å². The first kappa shape index (κ1) is 17.7. The number of hydrogen-bond acceptors (Lipinski definition) is 5. The van der Waals surface area contributed by atoms with E-state index in [2.05, 4.69) is 4.99 Å². The first-order valence-electron chi connectivity index (χ1n) is 8.20. The van der Waals surface area contributed by atoms with Gasteiger partial charge in [0.25, 0.3) is 0 Å². The molecule has 3 rings (SSSR count). The molecule has 134 valence electrons. The number of halogens is 1. The summed E-state index contributed by atoms with van der Waals surface area (Å²) in [5, 5.41) is 0. The number of carbonyl (C=O) groups is 1. The van der Waals surface area contributed by atoms with Crippen molar-refractivity contribution in [3.8, 4) is 11.5 Å². The van der Waals surface area contributed by atoms with Crippen LogP contribution in [0.25, 0.3) is 6.08 Å². The Labute approximate surface area is 150 Å². The van der Waals surface area contributed by atoms with Crippen LogP contribution in [0.2, 0.25) is 0 Å². The minimum Gasteiger partial charge on any atom is -0.493 e. The van der Waals surface area contributed by atoms with E-state index in [4.69, 9.17) is 14.2 Å².